The average molecular weight is 288 g/mol. The number of aryl methyl sites for hydroxylation is 4. The number of hydrogen-bond acceptors (Lipinski definition) is 1. The Morgan fingerprint density at radius 1 is 0.818 bits per heavy atom. The Balaban J connectivity index is 2.13. The van der Waals surface area contributed by atoms with Crippen molar-refractivity contribution in [2.24, 2.45) is 0 Å². The second-order valence-electron chi connectivity index (χ2n) is 6.25. The third-order valence-corrected chi connectivity index (χ3v) is 4.89. The Kier molecular flexibility index (Phi) is 2.97. The van der Waals surface area contributed by atoms with Crippen LogP contribution in [0.5, 0.6) is 5.75 Å². The lowest BCUT2D eigenvalue weighted by molar-refractivity contribution is 0.412. The normalized spacial score (nSPS) is 12.9. The summed E-state index contributed by atoms with van der Waals surface area (Å²) in [6.07, 6.45) is 2.28. The van der Waals surface area contributed by atoms with Crippen LogP contribution < -0.4 is 4.74 Å². The van der Waals surface area contributed by atoms with Gasteiger partial charge in [0.1, 0.15) is 5.75 Å². The van der Waals surface area contributed by atoms with E-state index in [1.807, 2.05) is 0 Å². The van der Waals surface area contributed by atoms with E-state index in [9.17, 15) is 0 Å². The molecule has 0 fully saturated rings. The summed E-state index contributed by atoms with van der Waals surface area (Å²) in [4.78, 5) is 0. The molecule has 1 nitrogen and oxygen atoms in total. The van der Waals surface area contributed by atoms with Crippen molar-refractivity contribution in [3.8, 4) is 16.9 Å². The van der Waals surface area contributed by atoms with Crippen molar-refractivity contribution in [2.45, 2.75) is 26.7 Å². The molecule has 0 N–H and O–H groups in total. The van der Waals surface area contributed by atoms with E-state index in [1.165, 1.54) is 44.2 Å². The van der Waals surface area contributed by atoms with Gasteiger partial charge in [0.05, 0.1) is 7.11 Å². The van der Waals surface area contributed by atoms with E-state index in [2.05, 4.69) is 56.3 Å². The largest absolute Gasteiger partial charge is 0.496 e. The van der Waals surface area contributed by atoms with Crippen LogP contribution in [0, 0.1) is 13.8 Å². The van der Waals surface area contributed by atoms with Gasteiger partial charge in [-0.15, -0.1) is 0 Å². The third-order valence-electron chi connectivity index (χ3n) is 4.89. The van der Waals surface area contributed by atoms with E-state index in [1.54, 1.807) is 7.11 Å². The molecular formula is C21H20O. The zero-order valence-corrected chi connectivity index (χ0v) is 13.4. The number of methoxy groups -OCH3 is 1. The second kappa shape index (κ2) is 4.88. The first-order chi connectivity index (χ1) is 10.7. The van der Waals surface area contributed by atoms with Crippen LogP contribution in [0.1, 0.15) is 22.3 Å². The van der Waals surface area contributed by atoms with Gasteiger partial charge in [-0.1, -0.05) is 30.3 Å². The first kappa shape index (κ1) is 13.4. The number of benzene rings is 3. The molecule has 0 amide bonds. The van der Waals surface area contributed by atoms with Crippen LogP contribution in [-0.4, -0.2) is 7.11 Å². The maximum atomic E-state index is 5.52. The molecule has 1 aliphatic rings. The van der Waals surface area contributed by atoms with Crippen LogP contribution in [0.15, 0.2) is 42.5 Å². The summed E-state index contributed by atoms with van der Waals surface area (Å²) >= 11 is 0. The maximum Gasteiger partial charge on any atom is 0.122 e. The smallest absolute Gasteiger partial charge is 0.122 e. The Bertz CT molecular complexity index is 890. The van der Waals surface area contributed by atoms with E-state index in [4.69, 9.17) is 4.74 Å². The fourth-order valence-electron chi connectivity index (χ4n) is 3.79. The molecule has 0 unspecified atom stereocenters. The fraction of sp³-hybridized carbons (Fsp3) is 0.238. The van der Waals surface area contributed by atoms with Crippen molar-refractivity contribution in [3.05, 3.63) is 64.7 Å². The molecule has 4 rings (SSSR count). The van der Waals surface area contributed by atoms with Crippen molar-refractivity contribution in [2.75, 3.05) is 7.11 Å². The van der Waals surface area contributed by atoms with E-state index in [0.29, 0.717) is 0 Å². The highest BCUT2D eigenvalue weighted by Gasteiger charge is 2.20. The molecule has 0 aromatic heterocycles. The topological polar surface area (TPSA) is 9.23 Å². The number of ether oxygens (including phenoxy) is 1. The predicted molar refractivity (Wildman–Crippen MR) is 92.8 cm³/mol. The molecule has 0 spiro atoms. The highest BCUT2D eigenvalue weighted by molar-refractivity contribution is 6.02. The van der Waals surface area contributed by atoms with Crippen LogP contribution in [0.2, 0.25) is 0 Å². The summed E-state index contributed by atoms with van der Waals surface area (Å²) in [6, 6.07) is 15.7. The molecule has 0 atom stereocenters. The van der Waals surface area contributed by atoms with Crippen molar-refractivity contribution in [1.29, 1.82) is 0 Å². The lowest BCUT2D eigenvalue weighted by Gasteiger charge is -2.23. The van der Waals surface area contributed by atoms with Crippen LogP contribution in [-0.2, 0) is 12.8 Å². The first-order valence-electron chi connectivity index (χ1n) is 7.88. The molecule has 0 saturated heterocycles. The van der Waals surface area contributed by atoms with Gasteiger partial charge in [-0.2, -0.15) is 0 Å². The van der Waals surface area contributed by atoms with Crippen molar-refractivity contribution in [3.63, 3.8) is 0 Å². The van der Waals surface area contributed by atoms with E-state index in [0.717, 1.165) is 18.6 Å². The van der Waals surface area contributed by atoms with Gasteiger partial charge in [0, 0.05) is 0 Å². The zero-order chi connectivity index (χ0) is 15.3. The molecule has 22 heavy (non-hydrogen) atoms. The first-order valence-corrected chi connectivity index (χ1v) is 7.88. The van der Waals surface area contributed by atoms with Gasteiger partial charge in [-0.3, -0.25) is 0 Å². The molecule has 0 aliphatic heterocycles. The van der Waals surface area contributed by atoms with Gasteiger partial charge in [0.25, 0.3) is 0 Å². The summed E-state index contributed by atoms with van der Waals surface area (Å²) in [6.45, 7) is 4.33. The van der Waals surface area contributed by atoms with Crippen LogP contribution in [0.25, 0.3) is 21.9 Å². The van der Waals surface area contributed by atoms with Crippen LogP contribution >= 0.6 is 0 Å². The van der Waals surface area contributed by atoms with Crippen LogP contribution in [0.4, 0.5) is 0 Å². The Hall–Kier alpha value is -2.28. The van der Waals surface area contributed by atoms with Gasteiger partial charge < -0.3 is 4.74 Å². The minimum atomic E-state index is 0.972. The Morgan fingerprint density at radius 2 is 1.59 bits per heavy atom. The standard InChI is InChI=1S/C21H20O/c1-13-10-16-9-8-15-6-4-5-7-17(15)21(16)19-11-14(2)20(22-3)12-18(13)19/h4-7,10-12H,8-9H2,1-3H3. The van der Waals surface area contributed by atoms with Crippen molar-refractivity contribution < 1.29 is 4.74 Å². The summed E-state index contributed by atoms with van der Waals surface area (Å²) in [5.74, 6) is 0.972. The molecule has 0 bridgehead atoms. The van der Waals surface area contributed by atoms with Gasteiger partial charge in [0.2, 0.25) is 0 Å². The molecule has 110 valence electrons. The van der Waals surface area contributed by atoms with Crippen molar-refractivity contribution >= 4 is 10.8 Å². The quantitative estimate of drug-likeness (QED) is 0.595. The molecule has 1 aliphatic carbocycles. The lowest BCUT2D eigenvalue weighted by atomic mass is 9.81. The number of fused-ring (bicyclic) bond motifs is 5. The molecule has 0 saturated carbocycles. The van der Waals surface area contributed by atoms with Gasteiger partial charge >= 0.3 is 0 Å². The summed E-state index contributed by atoms with van der Waals surface area (Å²) in [5.41, 5.74) is 8.31. The fourth-order valence-corrected chi connectivity index (χ4v) is 3.79. The summed E-state index contributed by atoms with van der Waals surface area (Å²) in [5, 5.41) is 2.67. The summed E-state index contributed by atoms with van der Waals surface area (Å²) < 4.78 is 5.52. The molecule has 1 heteroatoms. The van der Waals surface area contributed by atoms with Crippen LogP contribution in [0.3, 0.4) is 0 Å². The van der Waals surface area contributed by atoms with Gasteiger partial charge in [-0.25, -0.2) is 0 Å². The molecular weight excluding hydrogens is 268 g/mol. The lowest BCUT2D eigenvalue weighted by Crippen LogP contribution is -2.05. The van der Waals surface area contributed by atoms with Gasteiger partial charge in [0.15, 0.2) is 0 Å². The molecule has 3 aromatic rings. The zero-order valence-electron chi connectivity index (χ0n) is 13.4. The van der Waals surface area contributed by atoms with E-state index < -0.39 is 0 Å². The highest BCUT2D eigenvalue weighted by atomic mass is 16.5. The third kappa shape index (κ3) is 1.85. The SMILES string of the molecule is COc1cc2c(C)cc3c(c2cc1C)-c1ccccc1CC3. The summed E-state index contributed by atoms with van der Waals surface area (Å²) in [7, 11) is 1.75. The number of hydrogen-bond donors (Lipinski definition) is 0. The Labute approximate surface area is 131 Å². The minimum Gasteiger partial charge on any atom is -0.496 e. The van der Waals surface area contributed by atoms with E-state index >= 15 is 0 Å². The molecule has 0 heterocycles. The Morgan fingerprint density at radius 3 is 2.41 bits per heavy atom. The maximum absolute atomic E-state index is 5.52. The highest BCUT2D eigenvalue weighted by Crippen LogP contribution is 2.41. The molecule has 0 radical (unpaired) electrons. The van der Waals surface area contributed by atoms with Gasteiger partial charge in [-0.05, 0) is 83.0 Å². The van der Waals surface area contributed by atoms with Crippen molar-refractivity contribution in [1.82, 2.24) is 0 Å². The predicted octanol–water partition coefficient (Wildman–Crippen LogP) is 5.23. The minimum absolute atomic E-state index is 0.972. The second-order valence-corrected chi connectivity index (χ2v) is 6.25. The monoisotopic (exact) mass is 288 g/mol. The van der Waals surface area contributed by atoms with E-state index in [-0.39, 0.29) is 0 Å². The average Bonchev–Trinajstić information content (AvgIpc) is 2.54. The molecule has 3 aromatic carbocycles. The number of rotatable bonds is 1.